The van der Waals surface area contributed by atoms with E-state index < -0.39 is 11.4 Å². The van der Waals surface area contributed by atoms with Gasteiger partial charge in [-0.15, -0.1) is 0 Å². The molecule has 0 N–H and O–H groups in total. The lowest BCUT2D eigenvalue weighted by Crippen LogP contribution is -2.25. The Morgan fingerprint density at radius 1 is 1.05 bits per heavy atom. The van der Waals surface area contributed by atoms with E-state index in [1.165, 1.54) is 4.57 Å². The minimum atomic E-state index is -0.673. The Morgan fingerprint density at radius 2 is 1.85 bits per heavy atom. The van der Waals surface area contributed by atoms with Crippen LogP contribution in [-0.4, -0.2) is 4.57 Å². The van der Waals surface area contributed by atoms with Crippen molar-refractivity contribution in [2.75, 3.05) is 0 Å². The van der Waals surface area contributed by atoms with Gasteiger partial charge in [0.2, 0.25) is 0 Å². The Bertz CT molecular complexity index is 895. The first-order chi connectivity index (χ1) is 9.65. The third-order valence-electron chi connectivity index (χ3n) is 3.04. The molecule has 0 aliphatic rings. The summed E-state index contributed by atoms with van der Waals surface area (Å²) in [6.07, 6.45) is 0. The molecule has 0 unspecified atom stereocenters. The summed E-state index contributed by atoms with van der Waals surface area (Å²) in [7, 11) is 0. The second kappa shape index (κ2) is 4.98. The number of hydrogen-bond donors (Lipinski definition) is 0. The van der Waals surface area contributed by atoms with E-state index in [-0.39, 0.29) is 0 Å². The van der Waals surface area contributed by atoms with E-state index in [1.54, 1.807) is 36.4 Å². The number of benzene rings is 2. The molecular weight excluding hydrogens is 278 g/mol. The van der Waals surface area contributed by atoms with Crippen LogP contribution in [0.3, 0.4) is 0 Å². The van der Waals surface area contributed by atoms with Gasteiger partial charge in [-0.2, -0.15) is 0 Å². The van der Waals surface area contributed by atoms with E-state index in [9.17, 15) is 9.59 Å². The second-order valence-electron chi connectivity index (χ2n) is 4.39. The van der Waals surface area contributed by atoms with Crippen molar-refractivity contribution >= 4 is 22.5 Å². The highest BCUT2D eigenvalue weighted by molar-refractivity contribution is 6.30. The van der Waals surface area contributed by atoms with E-state index in [4.69, 9.17) is 16.0 Å². The molecule has 2 aromatic carbocycles. The monoisotopic (exact) mass is 287 g/mol. The lowest BCUT2D eigenvalue weighted by Gasteiger charge is -2.08. The zero-order valence-electron chi connectivity index (χ0n) is 10.4. The summed E-state index contributed by atoms with van der Waals surface area (Å²) in [6.45, 7) is 0.295. The summed E-state index contributed by atoms with van der Waals surface area (Å²) in [5, 5.41) is 0.978. The molecule has 0 radical (unpaired) electrons. The summed E-state index contributed by atoms with van der Waals surface area (Å²) in [6, 6.07) is 14.1. The smallest absolute Gasteiger partial charge is 0.372 e. The number of hydrogen-bond acceptors (Lipinski definition) is 3. The first kappa shape index (κ1) is 12.7. The number of aromatic nitrogens is 1. The Morgan fingerprint density at radius 3 is 2.65 bits per heavy atom. The first-order valence-electron chi connectivity index (χ1n) is 6.02. The van der Waals surface area contributed by atoms with Gasteiger partial charge in [-0.1, -0.05) is 35.9 Å². The molecule has 20 heavy (non-hydrogen) atoms. The van der Waals surface area contributed by atoms with Crippen LogP contribution in [0.25, 0.3) is 10.9 Å². The number of para-hydroxylation sites is 1. The van der Waals surface area contributed by atoms with Gasteiger partial charge in [-0.25, -0.2) is 9.59 Å². The maximum Gasteiger partial charge on any atom is 0.422 e. The molecule has 0 aliphatic heterocycles. The van der Waals surface area contributed by atoms with Gasteiger partial charge in [0.05, 0.1) is 17.4 Å². The maximum absolute atomic E-state index is 11.9. The Labute approximate surface area is 118 Å². The molecule has 0 spiro atoms. The maximum atomic E-state index is 11.9. The summed E-state index contributed by atoms with van der Waals surface area (Å²) >= 11 is 5.93. The van der Waals surface area contributed by atoms with Crippen molar-refractivity contribution in [3.63, 3.8) is 0 Å². The topological polar surface area (TPSA) is 52.2 Å². The van der Waals surface area contributed by atoms with E-state index in [0.29, 0.717) is 22.5 Å². The molecular formula is C15H10ClNO3. The molecule has 3 aromatic rings. The van der Waals surface area contributed by atoms with E-state index in [0.717, 1.165) is 5.56 Å². The van der Waals surface area contributed by atoms with E-state index >= 15 is 0 Å². The molecule has 4 nitrogen and oxygen atoms in total. The predicted molar refractivity (Wildman–Crippen MR) is 77.3 cm³/mol. The molecule has 5 heteroatoms. The van der Waals surface area contributed by atoms with Gasteiger partial charge in [-0.05, 0) is 29.8 Å². The van der Waals surface area contributed by atoms with Crippen molar-refractivity contribution in [2.45, 2.75) is 6.54 Å². The SMILES string of the molecule is O=c1oc(=O)n(Cc2cccc(Cl)c2)c2ccccc12. The summed E-state index contributed by atoms with van der Waals surface area (Å²) in [5.41, 5.74) is 0.792. The molecule has 0 saturated carbocycles. The van der Waals surface area contributed by atoms with Gasteiger partial charge >= 0.3 is 11.4 Å². The van der Waals surface area contributed by atoms with Crippen molar-refractivity contribution in [3.05, 3.63) is 80.1 Å². The number of fused-ring (bicyclic) bond motifs is 1. The van der Waals surface area contributed by atoms with Crippen LogP contribution in [0.5, 0.6) is 0 Å². The minimum Gasteiger partial charge on any atom is -0.372 e. The van der Waals surface area contributed by atoms with E-state index in [1.807, 2.05) is 12.1 Å². The Balaban J connectivity index is 2.21. The second-order valence-corrected chi connectivity index (χ2v) is 4.83. The van der Waals surface area contributed by atoms with Crippen molar-refractivity contribution in [3.8, 4) is 0 Å². The van der Waals surface area contributed by atoms with Crippen molar-refractivity contribution in [1.82, 2.24) is 4.57 Å². The molecule has 0 fully saturated rings. The molecule has 100 valence electrons. The van der Waals surface area contributed by atoms with Crippen molar-refractivity contribution < 1.29 is 4.42 Å². The zero-order chi connectivity index (χ0) is 14.1. The van der Waals surface area contributed by atoms with Crippen molar-refractivity contribution in [1.29, 1.82) is 0 Å². The molecule has 1 aromatic heterocycles. The standard InChI is InChI=1S/C15H10ClNO3/c16-11-5-3-4-10(8-11)9-17-13-7-2-1-6-12(13)14(18)20-15(17)19/h1-8H,9H2. The van der Waals surface area contributed by atoms with Crippen molar-refractivity contribution in [2.24, 2.45) is 0 Å². The fourth-order valence-electron chi connectivity index (χ4n) is 2.14. The van der Waals surface area contributed by atoms with Gasteiger partial charge in [-0.3, -0.25) is 4.57 Å². The molecule has 1 heterocycles. The lowest BCUT2D eigenvalue weighted by atomic mass is 10.2. The van der Waals surface area contributed by atoms with Crippen LogP contribution in [0, 0.1) is 0 Å². The average molecular weight is 288 g/mol. The molecule has 0 bridgehead atoms. The average Bonchev–Trinajstić information content (AvgIpc) is 2.43. The Hall–Kier alpha value is -2.33. The van der Waals surface area contributed by atoms with Crippen LogP contribution >= 0.6 is 11.6 Å². The fraction of sp³-hybridized carbons (Fsp3) is 0.0667. The number of rotatable bonds is 2. The van der Waals surface area contributed by atoms with Crippen LogP contribution < -0.4 is 11.4 Å². The molecule has 3 rings (SSSR count). The first-order valence-corrected chi connectivity index (χ1v) is 6.40. The highest BCUT2D eigenvalue weighted by atomic mass is 35.5. The summed E-state index contributed by atoms with van der Waals surface area (Å²) < 4.78 is 6.16. The highest BCUT2D eigenvalue weighted by Crippen LogP contribution is 2.13. The van der Waals surface area contributed by atoms with Crippen LogP contribution in [0.2, 0.25) is 5.02 Å². The third kappa shape index (κ3) is 2.26. The summed E-state index contributed by atoms with van der Waals surface area (Å²) in [4.78, 5) is 23.6. The van der Waals surface area contributed by atoms with Crippen LogP contribution in [0.15, 0.2) is 62.5 Å². The summed E-state index contributed by atoms with van der Waals surface area (Å²) in [5.74, 6) is -0.673. The lowest BCUT2D eigenvalue weighted by molar-refractivity contribution is 0.425. The quantitative estimate of drug-likeness (QED) is 0.728. The molecule has 0 aliphatic carbocycles. The number of halogens is 1. The number of nitrogens with zero attached hydrogens (tertiary/aromatic N) is 1. The van der Waals surface area contributed by atoms with Crippen LogP contribution in [0.4, 0.5) is 0 Å². The minimum absolute atomic E-state index is 0.295. The van der Waals surface area contributed by atoms with Gasteiger partial charge in [0.15, 0.2) is 0 Å². The van der Waals surface area contributed by atoms with E-state index in [2.05, 4.69) is 0 Å². The predicted octanol–water partition coefficient (Wildman–Crippen LogP) is 2.66. The largest absolute Gasteiger partial charge is 0.422 e. The third-order valence-corrected chi connectivity index (χ3v) is 3.28. The molecule has 0 amide bonds. The molecule has 0 atom stereocenters. The van der Waals surface area contributed by atoms with Gasteiger partial charge < -0.3 is 4.42 Å². The van der Waals surface area contributed by atoms with Gasteiger partial charge in [0.25, 0.3) is 0 Å². The highest BCUT2D eigenvalue weighted by Gasteiger charge is 2.09. The molecule has 0 saturated heterocycles. The normalized spacial score (nSPS) is 10.8. The van der Waals surface area contributed by atoms with Gasteiger partial charge in [0.1, 0.15) is 0 Å². The van der Waals surface area contributed by atoms with Crippen LogP contribution in [0.1, 0.15) is 5.56 Å². The Kier molecular flexibility index (Phi) is 3.16. The zero-order valence-corrected chi connectivity index (χ0v) is 11.1. The fourth-order valence-corrected chi connectivity index (χ4v) is 2.35. The van der Waals surface area contributed by atoms with Crippen LogP contribution in [-0.2, 0) is 6.54 Å². The van der Waals surface area contributed by atoms with Gasteiger partial charge in [0, 0.05) is 5.02 Å².